The van der Waals surface area contributed by atoms with E-state index in [1.54, 1.807) is 4.90 Å². The van der Waals surface area contributed by atoms with Crippen LogP contribution in [0.15, 0.2) is 47.4 Å². The summed E-state index contributed by atoms with van der Waals surface area (Å²) >= 11 is 1.13. The number of piperazine rings is 1. The maximum Gasteiger partial charge on any atom is 0.272 e. The Balaban J connectivity index is 1.31. The van der Waals surface area contributed by atoms with Crippen LogP contribution in [0, 0.1) is 24.0 Å². The van der Waals surface area contributed by atoms with E-state index in [0.29, 0.717) is 39.6 Å². The molecule has 1 aliphatic heterocycles. The lowest BCUT2D eigenvalue weighted by Gasteiger charge is -2.34. The number of carbonyl (C=O) groups excluding carboxylic acids is 2. The second kappa shape index (κ2) is 9.91. The Morgan fingerprint density at radius 1 is 1.03 bits per heavy atom. The fourth-order valence-corrected chi connectivity index (χ4v) is 4.94. The fraction of sp³-hybridized carbons (Fsp3) is 0.192. The van der Waals surface area contributed by atoms with Gasteiger partial charge in [0.2, 0.25) is 0 Å². The number of carbonyl (C=O) groups is 2. The minimum absolute atomic E-state index is 0.0989. The van der Waals surface area contributed by atoms with Gasteiger partial charge in [-0.15, -0.1) is 17.8 Å². The van der Waals surface area contributed by atoms with Crippen LogP contribution in [0.4, 0.5) is 8.78 Å². The monoisotopic (exact) mass is 519 g/mol. The lowest BCUT2D eigenvalue weighted by atomic mass is 10.0. The number of terminal acetylenes is 1. The van der Waals surface area contributed by atoms with Crippen molar-refractivity contribution in [2.75, 3.05) is 26.2 Å². The van der Waals surface area contributed by atoms with E-state index in [-0.39, 0.29) is 36.4 Å². The van der Waals surface area contributed by atoms with Crippen molar-refractivity contribution in [2.24, 2.45) is 0 Å². The third kappa shape index (κ3) is 4.83. The van der Waals surface area contributed by atoms with Gasteiger partial charge >= 0.3 is 0 Å². The quantitative estimate of drug-likeness (QED) is 0.418. The summed E-state index contributed by atoms with van der Waals surface area (Å²) in [6.07, 6.45) is 6.95. The van der Waals surface area contributed by atoms with Crippen molar-refractivity contribution in [3.05, 3.63) is 91.3 Å². The maximum absolute atomic E-state index is 14.7. The van der Waals surface area contributed by atoms with Gasteiger partial charge < -0.3 is 9.80 Å². The Hall–Kier alpha value is -4.43. The number of halogens is 2. The summed E-state index contributed by atoms with van der Waals surface area (Å²) in [6, 6.07) is 8.04. The number of hydrogen-bond donors (Lipinski definition) is 1. The number of amides is 2. The smallest absolute Gasteiger partial charge is 0.272 e. The van der Waals surface area contributed by atoms with E-state index in [2.05, 4.69) is 21.1 Å². The van der Waals surface area contributed by atoms with Crippen molar-refractivity contribution in [3.63, 3.8) is 0 Å². The van der Waals surface area contributed by atoms with Gasteiger partial charge in [0.25, 0.3) is 17.4 Å². The molecule has 0 spiro atoms. The Morgan fingerprint density at radius 2 is 1.76 bits per heavy atom. The van der Waals surface area contributed by atoms with E-state index < -0.39 is 23.1 Å². The number of nitrogens with zero attached hydrogens (tertiary/aromatic N) is 4. The van der Waals surface area contributed by atoms with E-state index in [4.69, 9.17) is 6.42 Å². The second-order valence-electron chi connectivity index (χ2n) is 8.44. The van der Waals surface area contributed by atoms with Crippen LogP contribution in [0.1, 0.15) is 36.3 Å². The first-order valence-corrected chi connectivity index (χ1v) is 12.1. The molecule has 0 radical (unpaired) electrons. The number of thiazole rings is 1. The summed E-state index contributed by atoms with van der Waals surface area (Å²) in [5.41, 5.74) is 0.442. The van der Waals surface area contributed by atoms with Crippen molar-refractivity contribution in [2.45, 2.75) is 6.42 Å². The van der Waals surface area contributed by atoms with Gasteiger partial charge in [-0.25, -0.2) is 18.9 Å². The predicted molar refractivity (Wildman–Crippen MR) is 133 cm³/mol. The number of aromatic amines is 1. The largest absolute Gasteiger partial charge is 0.335 e. The van der Waals surface area contributed by atoms with Crippen molar-refractivity contribution in [3.8, 4) is 12.3 Å². The summed E-state index contributed by atoms with van der Waals surface area (Å²) in [4.78, 5) is 45.4. The summed E-state index contributed by atoms with van der Waals surface area (Å²) in [5, 5.41) is 7.48. The van der Waals surface area contributed by atoms with Gasteiger partial charge in [-0.1, -0.05) is 6.07 Å². The zero-order chi connectivity index (χ0) is 26.1. The van der Waals surface area contributed by atoms with E-state index in [0.717, 1.165) is 17.4 Å². The van der Waals surface area contributed by atoms with Gasteiger partial charge in [-0.3, -0.25) is 14.4 Å². The normalized spacial score (nSPS) is 13.5. The van der Waals surface area contributed by atoms with Gasteiger partial charge in [0.15, 0.2) is 5.01 Å². The molecule has 1 saturated heterocycles. The molecule has 4 aromatic rings. The van der Waals surface area contributed by atoms with E-state index >= 15 is 0 Å². The van der Waals surface area contributed by atoms with E-state index in [1.165, 1.54) is 41.4 Å². The Labute approximate surface area is 213 Å². The first kappa shape index (κ1) is 24.3. The molecule has 0 atom stereocenters. The number of rotatable bonds is 4. The van der Waals surface area contributed by atoms with Crippen molar-refractivity contribution >= 4 is 33.9 Å². The number of nitrogens with one attached hydrogen (secondary N) is 1. The number of fused-ring (bicyclic) bond motifs is 1. The lowest BCUT2D eigenvalue weighted by Crippen LogP contribution is -2.50. The third-order valence-electron chi connectivity index (χ3n) is 6.16. The first-order chi connectivity index (χ1) is 17.8. The molecule has 1 fully saturated rings. The highest BCUT2D eigenvalue weighted by Crippen LogP contribution is 2.21. The number of H-pyrrole nitrogens is 1. The molecule has 3 heterocycles. The Morgan fingerprint density at radius 3 is 2.46 bits per heavy atom. The molecule has 1 N–H and O–H groups in total. The molecule has 0 aliphatic carbocycles. The number of hydrogen-bond acceptors (Lipinski definition) is 6. The van der Waals surface area contributed by atoms with Crippen LogP contribution in [0.25, 0.3) is 10.8 Å². The lowest BCUT2D eigenvalue weighted by molar-refractivity contribution is 0.0535. The van der Waals surface area contributed by atoms with E-state index in [1.807, 2.05) is 0 Å². The summed E-state index contributed by atoms with van der Waals surface area (Å²) < 4.78 is 28.3. The molecule has 2 amide bonds. The molecule has 2 aromatic heterocycles. The molecule has 2 aromatic carbocycles. The average molecular weight is 520 g/mol. The Bertz CT molecular complexity index is 1630. The molecule has 37 heavy (non-hydrogen) atoms. The van der Waals surface area contributed by atoms with Gasteiger partial charge in [-0.2, -0.15) is 5.10 Å². The van der Waals surface area contributed by atoms with Crippen LogP contribution < -0.4 is 5.56 Å². The molecular formula is C26H19F2N5O3S. The van der Waals surface area contributed by atoms with Crippen molar-refractivity contribution in [1.82, 2.24) is 25.0 Å². The van der Waals surface area contributed by atoms with Crippen molar-refractivity contribution < 1.29 is 18.4 Å². The standard InChI is InChI=1S/C26H19F2N5O3S/c1-2-23-29-14-22(37-23)26(36)33-9-7-32(8-10-33)25(35)19-11-15(3-6-20(19)28)12-21-17-5-4-16(27)13-18(17)24(34)31-30-21/h1,3-6,11,13-14H,7-10,12H2,(H,31,34). The highest BCUT2D eigenvalue weighted by atomic mass is 32.1. The molecule has 0 unspecified atom stereocenters. The van der Waals surface area contributed by atoms with Crippen LogP contribution in [0.2, 0.25) is 0 Å². The molecule has 0 bridgehead atoms. The van der Waals surface area contributed by atoms with Crippen LogP contribution in [0.3, 0.4) is 0 Å². The minimum atomic E-state index is -0.667. The minimum Gasteiger partial charge on any atom is -0.335 e. The van der Waals surface area contributed by atoms with Gasteiger partial charge in [0, 0.05) is 38.0 Å². The first-order valence-electron chi connectivity index (χ1n) is 11.3. The van der Waals surface area contributed by atoms with Gasteiger partial charge in [-0.05, 0) is 41.8 Å². The summed E-state index contributed by atoms with van der Waals surface area (Å²) in [5.74, 6) is 0.491. The molecule has 0 saturated carbocycles. The van der Waals surface area contributed by atoms with E-state index in [9.17, 15) is 23.2 Å². The van der Waals surface area contributed by atoms with Crippen LogP contribution in [-0.4, -0.2) is 63.0 Å². The maximum atomic E-state index is 14.7. The van der Waals surface area contributed by atoms with Crippen molar-refractivity contribution in [1.29, 1.82) is 0 Å². The SMILES string of the molecule is C#Cc1ncc(C(=O)N2CCN(C(=O)c3cc(Cc4n[nH]c(=O)c5cc(F)ccc45)ccc3F)CC2)s1. The molecule has 5 rings (SSSR count). The van der Waals surface area contributed by atoms with Crippen LogP contribution >= 0.6 is 11.3 Å². The zero-order valence-corrected chi connectivity index (χ0v) is 20.1. The topological polar surface area (TPSA) is 99.3 Å². The summed E-state index contributed by atoms with van der Waals surface area (Å²) in [6.45, 7) is 1.07. The predicted octanol–water partition coefficient (Wildman–Crippen LogP) is 2.83. The Kier molecular flexibility index (Phi) is 6.50. The second-order valence-corrected chi connectivity index (χ2v) is 9.47. The molecule has 1 aliphatic rings. The van der Waals surface area contributed by atoms with Gasteiger partial charge in [0.05, 0.1) is 22.8 Å². The molecule has 186 valence electrons. The highest BCUT2D eigenvalue weighted by molar-refractivity contribution is 7.14. The zero-order valence-electron chi connectivity index (χ0n) is 19.3. The number of benzene rings is 2. The summed E-state index contributed by atoms with van der Waals surface area (Å²) in [7, 11) is 0. The molecule has 8 nitrogen and oxygen atoms in total. The molecular weight excluding hydrogens is 500 g/mol. The van der Waals surface area contributed by atoms with Gasteiger partial charge in [0.1, 0.15) is 16.5 Å². The highest BCUT2D eigenvalue weighted by Gasteiger charge is 2.28. The van der Waals surface area contributed by atoms with Crippen LogP contribution in [0.5, 0.6) is 0 Å². The fourth-order valence-electron chi connectivity index (χ4n) is 4.25. The number of aromatic nitrogens is 3. The molecule has 11 heteroatoms. The van der Waals surface area contributed by atoms with Crippen LogP contribution in [-0.2, 0) is 6.42 Å². The third-order valence-corrected chi connectivity index (χ3v) is 7.07. The average Bonchev–Trinajstić information content (AvgIpc) is 3.40.